The minimum Gasteiger partial charge on any atom is -0.492 e. The lowest BCUT2D eigenvalue weighted by atomic mass is 9.87. The number of aliphatic hydroxyl groups is 2. The normalized spacial score (nSPS) is 13.4. The molecule has 1 aromatic heterocycles. The number of aromatic nitrogens is 1. The molecule has 102 valence electrons. The van der Waals surface area contributed by atoms with Crippen molar-refractivity contribution in [1.82, 2.24) is 4.98 Å². The SMILES string of the molecule is CCCOc1cncc(C(O)C(O)(CC)CC)c1. The van der Waals surface area contributed by atoms with E-state index in [9.17, 15) is 10.2 Å². The van der Waals surface area contributed by atoms with Gasteiger partial charge in [-0.15, -0.1) is 0 Å². The second-order valence-electron chi connectivity index (χ2n) is 4.52. The minimum absolute atomic E-state index is 0.491. The molecule has 0 aliphatic heterocycles. The van der Waals surface area contributed by atoms with Crippen LogP contribution >= 0.6 is 0 Å². The summed E-state index contributed by atoms with van der Waals surface area (Å²) < 4.78 is 5.47. The molecule has 1 atom stereocenters. The van der Waals surface area contributed by atoms with Crippen LogP contribution in [0.5, 0.6) is 5.75 Å². The van der Waals surface area contributed by atoms with Crippen LogP contribution in [0.25, 0.3) is 0 Å². The molecule has 0 bridgehead atoms. The summed E-state index contributed by atoms with van der Waals surface area (Å²) >= 11 is 0. The zero-order valence-electron chi connectivity index (χ0n) is 11.4. The predicted octanol–water partition coefficient (Wildman–Crippen LogP) is 2.45. The lowest BCUT2D eigenvalue weighted by Gasteiger charge is -2.31. The Morgan fingerprint density at radius 3 is 2.50 bits per heavy atom. The van der Waals surface area contributed by atoms with Gasteiger partial charge >= 0.3 is 0 Å². The highest BCUT2D eigenvalue weighted by Crippen LogP contribution is 2.32. The van der Waals surface area contributed by atoms with Crippen molar-refractivity contribution in [2.45, 2.75) is 51.7 Å². The van der Waals surface area contributed by atoms with E-state index in [1.807, 2.05) is 20.8 Å². The molecule has 18 heavy (non-hydrogen) atoms. The van der Waals surface area contributed by atoms with Gasteiger partial charge in [0.25, 0.3) is 0 Å². The molecule has 0 fully saturated rings. The van der Waals surface area contributed by atoms with Crippen LogP contribution in [-0.4, -0.2) is 27.4 Å². The molecule has 0 spiro atoms. The molecule has 2 N–H and O–H groups in total. The summed E-state index contributed by atoms with van der Waals surface area (Å²) in [5.41, 5.74) is -0.514. The quantitative estimate of drug-likeness (QED) is 0.783. The average molecular weight is 253 g/mol. The van der Waals surface area contributed by atoms with Gasteiger partial charge in [0, 0.05) is 11.8 Å². The Hall–Kier alpha value is -1.13. The summed E-state index contributed by atoms with van der Waals surface area (Å²) in [6.45, 7) is 6.36. The average Bonchev–Trinajstić information content (AvgIpc) is 2.43. The van der Waals surface area contributed by atoms with Crippen LogP contribution in [0.15, 0.2) is 18.5 Å². The molecule has 0 aliphatic carbocycles. The molecule has 0 saturated carbocycles. The van der Waals surface area contributed by atoms with Gasteiger partial charge in [-0.1, -0.05) is 20.8 Å². The Bertz CT molecular complexity index is 364. The fourth-order valence-corrected chi connectivity index (χ4v) is 1.83. The highest BCUT2D eigenvalue weighted by molar-refractivity contribution is 5.26. The first kappa shape index (κ1) is 14.9. The zero-order valence-corrected chi connectivity index (χ0v) is 11.4. The van der Waals surface area contributed by atoms with Gasteiger partial charge < -0.3 is 14.9 Å². The monoisotopic (exact) mass is 253 g/mol. The van der Waals surface area contributed by atoms with E-state index in [0.29, 0.717) is 30.8 Å². The maximum atomic E-state index is 10.3. The number of hydrogen-bond acceptors (Lipinski definition) is 4. The van der Waals surface area contributed by atoms with Gasteiger partial charge in [-0.05, 0) is 25.3 Å². The van der Waals surface area contributed by atoms with Gasteiger partial charge in [-0.25, -0.2) is 0 Å². The summed E-state index contributed by atoms with van der Waals surface area (Å²) in [7, 11) is 0. The minimum atomic E-state index is -1.11. The smallest absolute Gasteiger partial charge is 0.137 e. The first-order chi connectivity index (χ1) is 8.57. The Labute approximate surface area is 109 Å². The summed E-state index contributed by atoms with van der Waals surface area (Å²) in [4.78, 5) is 4.04. The van der Waals surface area contributed by atoms with Crippen molar-refractivity contribution >= 4 is 0 Å². The van der Waals surface area contributed by atoms with E-state index >= 15 is 0 Å². The number of nitrogens with zero attached hydrogens (tertiary/aromatic N) is 1. The van der Waals surface area contributed by atoms with E-state index in [1.165, 1.54) is 0 Å². The van der Waals surface area contributed by atoms with Crippen molar-refractivity contribution in [1.29, 1.82) is 0 Å². The van der Waals surface area contributed by atoms with Crippen molar-refractivity contribution in [3.63, 3.8) is 0 Å². The summed E-state index contributed by atoms with van der Waals surface area (Å²) in [6.07, 6.45) is 4.14. The van der Waals surface area contributed by atoms with Crippen LogP contribution < -0.4 is 4.74 Å². The van der Waals surface area contributed by atoms with E-state index in [0.717, 1.165) is 6.42 Å². The number of rotatable bonds is 7. The van der Waals surface area contributed by atoms with Gasteiger partial charge in [0.05, 0.1) is 18.4 Å². The van der Waals surface area contributed by atoms with Crippen LogP contribution in [-0.2, 0) is 0 Å². The maximum Gasteiger partial charge on any atom is 0.137 e. The molecular weight excluding hydrogens is 230 g/mol. The highest BCUT2D eigenvalue weighted by atomic mass is 16.5. The zero-order chi connectivity index (χ0) is 13.6. The van der Waals surface area contributed by atoms with E-state index in [-0.39, 0.29) is 0 Å². The van der Waals surface area contributed by atoms with Gasteiger partial charge in [-0.3, -0.25) is 4.98 Å². The third-order valence-electron chi connectivity index (χ3n) is 3.26. The molecule has 1 unspecified atom stereocenters. The fraction of sp³-hybridized carbons (Fsp3) is 0.643. The Balaban J connectivity index is 2.88. The van der Waals surface area contributed by atoms with Gasteiger partial charge in [0.2, 0.25) is 0 Å². The Morgan fingerprint density at radius 1 is 1.28 bits per heavy atom. The van der Waals surface area contributed by atoms with Crippen molar-refractivity contribution in [3.05, 3.63) is 24.0 Å². The molecule has 1 rings (SSSR count). The molecule has 0 aliphatic rings. The number of pyridine rings is 1. The molecule has 0 radical (unpaired) electrons. The maximum absolute atomic E-state index is 10.3. The van der Waals surface area contributed by atoms with Crippen LogP contribution in [0.1, 0.15) is 51.7 Å². The third kappa shape index (κ3) is 3.43. The molecule has 0 amide bonds. The molecule has 0 saturated heterocycles. The number of hydrogen-bond donors (Lipinski definition) is 2. The van der Waals surface area contributed by atoms with Crippen molar-refractivity contribution in [2.75, 3.05) is 6.61 Å². The van der Waals surface area contributed by atoms with Crippen LogP contribution in [0.3, 0.4) is 0 Å². The van der Waals surface area contributed by atoms with E-state index in [1.54, 1.807) is 18.5 Å². The van der Waals surface area contributed by atoms with E-state index < -0.39 is 11.7 Å². The lowest BCUT2D eigenvalue weighted by Crippen LogP contribution is -2.34. The number of aliphatic hydroxyl groups excluding tert-OH is 1. The largest absolute Gasteiger partial charge is 0.492 e. The molecule has 0 aromatic carbocycles. The fourth-order valence-electron chi connectivity index (χ4n) is 1.83. The van der Waals surface area contributed by atoms with Crippen LogP contribution in [0.2, 0.25) is 0 Å². The lowest BCUT2D eigenvalue weighted by molar-refractivity contribution is -0.0822. The summed E-state index contributed by atoms with van der Waals surface area (Å²) in [5, 5.41) is 20.5. The highest BCUT2D eigenvalue weighted by Gasteiger charge is 2.33. The molecular formula is C14H23NO3. The predicted molar refractivity (Wildman–Crippen MR) is 70.5 cm³/mol. The van der Waals surface area contributed by atoms with Gasteiger partial charge in [0.1, 0.15) is 11.9 Å². The first-order valence-electron chi connectivity index (χ1n) is 6.55. The van der Waals surface area contributed by atoms with Crippen LogP contribution in [0, 0.1) is 0 Å². The Kier molecular flexibility index (Phi) is 5.56. The number of ether oxygens (including phenoxy) is 1. The van der Waals surface area contributed by atoms with E-state index in [2.05, 4.69) is 4.98 Å². The van der Waals surface area contributed by atoms with Crippen molar-refractivity contribution < 1.29 is 14.9 Å². The third-order valence-corrected chi connectivity index (χ3v) is 3.26. The van der Waals surface area contributed by atoms with Gasteiger partial charge in [-0.2, -0.15) is 0 Å². The topological polar surface area (TPSA) is 62.6 Å². The standard InChI is InChI=1S/C14H23NO3/c1-4-7-18-12-8-11(9-15-10-12)13(16)14(17,5-2)6-3/h8-10,13,16-17H,4-7H2,1-3H3. The van der Waals surface area contributed by atoms with Gasteiger partial charge in [0.15, 0.2) is 0 Å². The van der Waals surface area contributed by atoms with E-state index in [4.69, 9.17) is 4.74 Å². The second kappa shape index (κ2) is 6.71. The molecule has 4 nitrogen and oxygen atoms in total. The summed E-state index contributed by atoms with van der Waals surface area (Å²) in [5.74, 6) is 0.628. The van der Waals surface area contributed by atoms with Crippen molar-refractivity contribution in [2.24, 2.45) is 0 Å². The Morgan fingerprint density at radius 2 is 1.94 bits per heavy atom. The molecule has 1 heterocycles. The molecule has 1 aromatic rings. The summed E-state index contributed by atoms with van der Waals surface area (Å²) in [6, 6.07) is 1.74. The first-order valence-corrected chi connectivity index (χ1v) is 6.55. The molecule has 4 heteroatoms. The van der Waals surface area contributed by atoms with Crippen molar-refractivity contribution in [3.8, 4) is 5.75 Å². The second-order valence-corrected chi connectivity index (χ2v) is 4.52. The van der Waals surface area contributed by atoms with Crippen LogP contribution in [0.4, 0.5) is 0 Å².